The number of nitrogens with one attached hydrogen (secondary N) is 1. The molecule has 0 bridgehead atoms. The fourth-order valence-corrected chi connectivity index (χ4v) is 2.61. The second-order valence-electron chi connectivity index (χ2n) is 5.57. The number of benzene rings is 1. The fraction of sp³-hybridized carbons (Fsp3) is 0.562. The average molecular weight is 278 g/mol. The van der Waals surface area contributed by atoms with Gasteiger partial charge in [-0.25, -0.2) is 4.39 Å². The van der Waals surface area contributed by atoms with Crippen LogP contribution in [0, 0.1) is 12.7 Å². The molecule has 0 saturated carbocycles. The topological polar surface area (TPSA) is 32.3 Å². The lowest BCUT2D eigenvalue weighted by Gasteiger charge is -2.25. The molecule has 2 rings (SSSR count). The zero-order valence-corrected chi connectivity index (χ0v) is 12.3. The van der Waals surface area contributed by atoms with Crippen molar-refractivity contribution in [3.05, 3.63) is 29.6 Å². The maximum absolute atomic E-state index is 13.2. The van der Waals surface area contributed by atoms with E-state index in [2.05, 4.69) is 5.32 Å². The van der Waals surface area contributed by atoms with Crippen LogP contribution in [0.1, 0.15) is 38.2 Å². The second kappa shape index (κ2) is 6.73. The first-order valence-corrected chi connectivity index (χ1v) is 7.39. The predicted molar refractivity (Wildman–Crippen MR) is 79.3 cm³/mol. The van der Waals surface area contributed by atoms with Crippen molar-refractivity contribution in [3.63, 3.8) is 0 Å². The summed E-state index contributed by atoms with van der Waals surface area (Å²) in [6, 6.07) is 4.56. The standard InChI is InChI=1S/C16H23FN2O/c1-12-11-14(7-8-15(12)17)18-13(2)16(20)19-9-5-3-4-6-10-19/h7-8,11,13,18H,3-6,9-10H2,1-2H3. The van der Waals surface area contributed by atoms with Crippen LogP contribution in [-0.4, -0.2) is 29.9 Å². The molecule has 1 N–H and O–H groups in total. The summed E-state index contributed by atoms with van der Waals surface area (Å²) in [5.74, 6) is -0.0871. The molecule has 1 fully saturated rings. The van der Waals surface area contributed by atoms with Gasteiger partial charge in [0.2, 0.25) is 5.91 Å². The molecule has 1 heterocycles. The van der Waals surface area contributed by atoms with Gasteiger partial charge in [0.1, 0.15) is 11.9 Å². The van der Waals surface area contributed by atoms with E-state index >= 15 is 0 Å². The van der Waals surface area contributed by atoms with Crippen molar-refractivity contribution < 1.29 is 9.18 Å². The quantitative estimate of drug-likeness (QED) is 0.919. The number of likely N-dealkylation sites (tertiary alicyclic amines) is 1. The number of aryl methyl sites for hydroxylation is 1. The van der Waals surface area contributed by atoms with Crippen LogP contribution in [0.5, 0.6) is 0 Å². The molecule has 0 aliphatic carbocycles. The third-order valence-electron chi connectivity index (χ3n) is 3.83. The second-order valence-corrected chi connectivity index (χ2v) is 5.57. The van der Waals surface area contributed by atoms with Gasteiger partial charge in [-0.3, -0.25) is 4.79 Å². The van der Waals surface area contributed by atoms with Crippen LogP contribution in [-0.2, 0) is 4.79 Å². The number of carbonyl (C=O) groups is 1. The van der Waals surface area contributed by atoms with Gasteiger partial charge in [0.15, 0.2) is 0 Å². The smallest absolute Gasteiger partial charge is 0.244 e. The maximum Gasteiger partial charge on any atom is 0.244 e. The fourth-order valence-electron chi connectivity index (χ4n) is 2.61. The number of anilines is 1. The minimum absolute atomic E-state index is 0.133. The summed E-state index contributed by atoms with van der Waals surface area (Å²) < 4.78 is 13.2. The van der Waals surface area contributed by atoms with Gasteiger partial charge in [0.25, 0.3) is 0 Å². The average Bonchev–Trinajstić information content (AvgIpc) is 2.71. The normalized spacial score (nSPS) is 17.4. The summed E-state index contributed by atoms with van der Waals surface area (Å²) in [7, 11) is 0. The number of carbonyl (C=O) groups excluding carboxylic acids is 1. The Morgan fingerprint density at radius 3 is 2.50 bits per heavy atom. The lowest BCUT2D eigenvalue weighted by molar-refractivity contribution is -0.131. The van der Waals surface area contributed by atoms with Crippen LogP contribution in [0.4, 0.5) is 10.1 Å². The molecular formula is C16H23FN2O. The van der Waals surface area contributed by atoms with Crippen LogP contribution < -0.4 is 5.32 Å². The largest absolute Gasteiger partial charge is 0.374 e. The van der Waals surface area contributed by atoms with Crippen molar-refractivity contribution in [2.45, 2.75) is 45.6 Å². The highest BCUT2D eigenvalue weighted by molar-refractivity contribution is 5.84. The van der Waals surface area contributed by atoms with Crippen LogP contribution >= 0.6 is 0 Å². The Labute approximate surface area is 120 Å². The lowest BCUT2D eigenvalue weighted by atomic mass is 10.2. The molecule has 1 aliphatic heterocycles. The summed E-state index contributed by atoms with van der Waals surface area (Å²) in [5.41, 5.74) is 1.38. The van der Waals surface area contributed by atoms with Crippen molar-refractivity contribution >= 4 is 11.6 Å². The maximum atomic E-state index is 13.2. The van der Waals surface area contributed by atoms with Gasteiger partial charge in [0.05, 0.1) is 0 Å². The Kier molecular flexibility index (Phi) is 4.99. The summed E-state index contributed by atoms with van der Waals surface area (Å²) in [4.78, 5) is 14.3. The zero-order chi connectivity index (χ0) is 14.5. The first-order chi connectivity index (χ1) is 9.58. The van der Waals surface area contributed by atoms with E-state index < -0.39 is 0 Å². The Balaban J connectivity index is 1.97. The highest BCUT2D eigenvalue weighted by Crippen LogP contribution is 2.16. The van der Waals surface area contributed by atoms with Crippen LogP contribution in [0.3, 0.4) is 0 Å². The number of hydrogen-bond acceptors (Lipinski definition) is 2. The number of halogens is 1. The van der Waals surface area contributed by atoms with E-state index in [9.17, 15) is 9.18 Å². The van der Waals surface area contributed by atoms with Crippen LogP contribution in [0.15, 0.2) is 18.2 Å². The number of nitrogens with zero attached hydrogens (tertiary/aromatic N) is 1. The molecule has 1 amide bonds. The summed E-state index contributed by atoms with van der Waals surface area (Å²) in [6.07, 6.45) is 4.60. The van der Waals surface area contributed by atoms with E-state index in [0.29, 0.717) is 5.56 Å². The molecule has 0 radical (unpaired) electrons. The predicted octanol–water partition coefficient (Wildman–Crippen LogP) is 3.34. The number of hydrogen-bond donors (Lipinski definition) is 1. The van der Waals surface area contributed by atoms with E-state index in [1.54, 1.807) is 19.1 Å². The molecular weight excluding hydrogens is 255 g/mol. The summed E-state index contributed by atoms with van der Waals surface area (Å²) in [6.45, 7) is 5.30. The Morgan fingerprint density at radius 1 is 1.25 bits per heavy atom. The van der Waals surface area contributed by atoms with E-state index in [0.717, 1.165) is 31.6 Å². The molecule has 4 heteroatoms. The summed E-state index contributed by atoms with van der Waals surface area (Å²) in [5, 5.41) is 3.17. The SMILES string of the molecule is Cc1cc(NC(C)C(=O)N2CCCCCC2)ccc1F. The van der Waals surface area contributed by atoms with E-state index in [1.807, 2.05) is 11.8 Å². The zero-order valence-electron chi connectivity index (χ0n) is 12.3. The first kappa shape index (κ1) is 14.8. The third-order valence-corrected chi connectivity index (χ3v) is 3.83. The van der Waals surface area contributed by atoms with Crippen molar-refractivity contribution in [2.75, 3.05) is 18.4 Å². The van der Waals surface area contributed by atoms with E-state index in [1.165, 1.54) is 18.9 Å². The van der Waals surface area contributed by atoms with Gasteiger partial charge in [-0.1, -0.05) is 12.8 Å². The number of amides is 1. The van der Waals surface area contributed by atoms with Gasteiger partial charge in [-0.05, 0) is 50.5 Å². The molecule has 20 heavy (non-hydrogen) atoms. The lowest BCUT2D eigenvalue weighted by Crippen LogP contribution is -2.41. The van der Waals surface area contributed by atoms with Crippen molar-refractivity contribution in [1.82, 2.24) is 4.90 Å². The molecule has 0 spiro atoms. The van der Waals surface area contributed by atoms with Crippen molar-refractivity contribution in [1.29, 1.82) is 0 Å². The minimum Gasteiger partial charge on any atom is -0.374 e. The molecule has 1 atom stereocenters. The highest BCUT2D eigenvalue weighted by atomic mass is 19.1. The van der Waals surface area contributed by atoms with Gasteiger partial charge in [-0.2, -0.15) is 0 Å². The molecule has 1 saturated heterocycles. The molecule has 1 aliphatic rings. The van der Waals surface area contributed by atoms with Gasteiger partial charge < -0.3 is 10.2 Å². The Bertz CT molecular complexity index is 468. The third kappa shape index (κ3) is 3.71. The minimum atomic E-state index is -0.280. The van der Waals surface area contributed by atoms with Crippen molar-refractivity contribution in [3.8, 4) is 0 Å². The van der Waals surface area contributed by atoms with Gasteiger partial charge >= 0.3 is 0 Å². The molecule has 1 unspecified atom stereocenters. The Hall–Kier alpha value is -1.58. The molecule has 3 nitrogen and oxygen atoms in total. The highest BCUT2D eigenvalue weighted by Gasteiger charge is 2.21. The van der Waals surface area contributed by atoms with Crippen LogP contribution in [0.2, 0.25) is 0 Å². The molecule has 1 aromatic carbocycles. The van der Waals surface area contributed by atoms with Gasteiger partial charge in [-0.15, -0.1) is 0 Å². The van der Waals surface area contributed by atoms with E-state index in [-0.39, 0.29) is 17.8 Å². The molecule has 110 valence electrons. The summed E-state index contributed by atoms with van der Waals surface area (Å²) >= 11 is 0. The van der Waals surface area contributed by atoms with Crippen LogP contribution in [0.25, 0.3) is 0 Å². The van der Waals surface area contributed by atoms with Gasteiger partial charge in [0, 0.05) is 18.8 Å². The monoisotopic (exact) mass is 278 g/mol. The van der Waals surface area contributed by atoms with E-state index in [4.69, 9.17) is 0 Å². The van der Waals surface area contributed by atoms with Crippen molar-refractivity contribution in [2.24, 2.45) is 0 Å². The Morgan fingerprint density at radius 2 is 1.90 bits per heavy atom. The number of rotatable bonds is 3. The molecule has 1 aromatic rings. The molecule has 0 aromatic heterocycles. The first-order valence-electron chi connectivity index (χ1n) is 7.39.